The molecule has 0 saturated heterocycles. The van der Waals surface area contributed by atoms with Crippen molar-refractivity contribution in [3.05, 3.63) is 57.8 Å². The molecular weight excluding hydrogens is 421 g/mol. The van der Waals surface area contributed by atoms with Crippen molar-refractivity contribution in [3.8, 4) is 5.75 Å². The number of aliphatic carboxylic acids is 1. The summed E-state index contributed by atoms with van der Waals surface area (Å²) >= 11 is 0. The van der Waals surface area contributed by atoms with Crippen LogP contribution in [0.3, 0.4) is 0 Å². The van der Waals surface area contributed by atoms with Gasteiger partial charge >= 0.3 is 19.6 Å². The Morgan fingerprint density at radius 2 is 1.93 bits per heavy atom. The van der Waals surface area contributed by atoms with E-state index < -0.39 is 36.5 Å². The molecule has 2 atom stereocenters. The summed E-state index contributed by atoms with van der Waals surface area (Å²) in [4.78, 5) is 32.2. The van der Waals surface area contributed by atoms with E-state index in [0.717, 1.165) is 6.07 Å². The number of carboxylic acid groups (broad SMARTS) is 1. The summed E-state index contributed by atoms with van der Waals surface area (Å²) in [6, 6.07) is 7.43. The fourth-order valence-corrected chi connectivity index (χ4v) is 3.30. The Balaban J connectivity index is 2.00. The third-order valence-electron chi connectivity index (χ3n) is 3.74. The van der Waals surface area contributed by atoms with Crippen LogP contribution in [0.25, 0.3) is 0 Å². The van der Waals surface area contributed by atoms with Crippen molar-refractivity contribution in [2.45, 2.75) is 26.0 Å². The molecule has 162 valence electrons. The average Bonchev–Trinajstić information content (AvgIpc) is 3.16. The van der Waals surface area contributed by atoms with E-state index in [1.807, 2.05) is 0 Å². The lowest BCUT2D eigenvalue weighted by Crippen LogP contribution is -2.41. The lowest BCUT2D eigenvalue weighted by atomic mass is 10.1. The molecule has 1 heterocycles. The number of carboxylic acids is 1. The number of carbonyl (C=O) groups excluding carboxylic acids is 1. The molecule has 1 aromatic heterocycles. The minimum atomic E-state index is -3.81. The lowest BCUT2D eigenvalue weighted by molar-refractivity contribution is -0.402. The fraction of sp³-hybridized carbons (Fsp3) is 0.294. The quantitative estimate of drug-likeness (QED) is 0.267. The summed E-state index contributed by atoms with van der Waals surface area (Å²) < 4.78 is 28.2. The number of rotatable bonds is 11. The maximum Gasteiger partial charge on any atom is 0.458 e. The van der Waals surface area contributed by atoms with Crippen LogP contribution in [-0.4, -0.2) is 35.0 Å². The van der Waals surface area contributed by atoms with Gasteiger partial charge in [-0.2, -0.15) is 0 Å². The molecule has 3 N–H and O–H groups in total. The Labute approximate surface area is 170 Å². The van der Waals surface area contributed by atoms with E-state index >= 15 is 0 Å². The zero-order chi connectivity index (χ0) is 22.3. The zero-order valence-electron chi connectivity index (χ0n) is 16.1. The fourth-order valence-electron chi connectivity index (χ4n) is 2.33. The topological polar surface area (TPSA) is 170 Å². The molecule has 0 aliphatic heterocycles. The van der Waals surface area contributed by atoms with Crippen molar-refractivity contribution in [2.24, 2.45) is 0 Å². The van der Waals surface area contributed by atoms with Crippen LogP contribution in [0.2, 0.25) is 0 Å². The van der Waals surface area contributed by atoms with Crippen molar-refractivity contribution >= 4 is 25.5 Å². The van der Waals surface area contributed by atoms with Crippen molar-refractivity contribution in [3.63, 3.8) is 0 Å². The summed E-state index contributed by atoms with van der Waals surface area (Å²) in [6.07, 6.45) is 0.0483. The van der Waals surface area contributed by atoms with Gasteiger partial charge in [0.25, 0.3) is 0 Å². The Hall–Kier alpha value is -3.21. The summed E-state index contributed by atoms with van der Waals surface area (Å²) in [6.45, 7) is 0.893. The molecule has 0 bridgehead atoms. The first kappa shape index (κ1) is 23.1. The number of hydrogen-bond acceptors (Lipinski definition) is 8. The molecule has 0 radical (unpaired) electrons. The van der Waals surface area contributed by atoms with Gasteiger partial charge in [-0.05, 0) is 30.8 Å². The molecule has 0 aliphatic carbocycles. The number of nitrogens with zero attached hydrogens (tertiary/aromatic N) is 1. The number of nitrogens with one attached hydrogen (secondary N) is 2. The van der Waals surface area contributed by atoms with Crippen LogP contribution in [-0.2, 0) is 31.7 Å². The first-order valence-electron chi connectivity index (χ1n) is 8.57. The molecule has 0 fully saturated rings. The van der Waals surface area contributed by atoms with E-state index in [0.29, 0.717) is 5.56 Å². The molecule has 0 aliphatic rings. The molecule has 1 amide bonds. The van der Waals surface area contributed by atoms with E-state index in [9.17, 15) is 24.3 Å². The van der Waals surface area contributed by atoms with Crippen LogP contribution in [0.15, 0.2) is 40.8 Å². The molecule has 2 unspecified atom stereocenters. The van der Waals surface area contributed by atoms with Crippen LogP contribution in [0, 0.1) is 10.1 Å². The molecule has 30 heavy (non-hydrogen) atoms. The van der Waals surface area contributed by atoms with Crippen LogP contribution in [0.1, 0.15) is 18.2 Å². The predicted octanol–water partition coefficient (Wildman–Crippen LogP) is 2.24. The zero-order valence-corrected chi connectivity index (χ0v) is 17.0. The van der Waals surface area contributed by atoms with Crippen molar-refractivity contribution in [2.75, 3.05) is 7.05 Å². The summed E-state index contributed by atoms with van der Waals surface area (Å²) in [5, 5.41) is 24.5. The van der Waals surface area contributed by atoms with Gasteiger partial charge in [0.05, 0.1) is 6.07 Å². The molecule has 1 aromatic carbocycles. The Kier molecular flexibility index (Phi) is 7.70. The van der Waals surface area contributed by atoms with E-state index in [1.165, 1.54) is 32.2 Å². The second-order valence-corrected chi connectivity index (χ2v) is 7.91. The second kappa shape index (κ2) is 10.0. The summed E-state index contributed by atoms with van der Waals surface area (Å²) in [7, 11) is -2.46. The summed E-state index contributed by atoms with van der Waals surface area (Å²) in [5.74, 6) is -1.83. The molecular formula is C17H20N3O9P. The van der Waals surface area contributed by atoms with Gasteiger partial charge in [0.15, 0.2) is 0 Å². The van der Waals surface area contributed by atoms with Gasteiger partial charge in [0.2, 0.25) is 5.91 Å². The van der Waals surface area contributed by atoms with Gasteiger partial charge in [0, 0.05) is 13.3 Å². The minimum Gasteiger partial charge on any atom is -0.480 e. The standard InChI is InChI=1S/C17H20N3O9P/c1-11(21)19-15(17(22)23)9-12-3-5-13(6-4-12)29-30(26,18-2)27-10-14-7-8-16(28-14)20(24)25/h3-8,15H,9-10H2,1-2H3,(H,18,26)(H,19,21)(H,22,23). The van der Waals surface area contributed by atoms with Gasteiger partial charge in [-0.3, -0.25) is 19.4 Å². The van der Waals surface area contributed by atoms with E-state index in [4.69, 9.17) is 18.6 Å². The smallest absolute Gasteiger partial charge is 0.458 e. The van der Waals surface area contributed by atoms with Gasteiger partial charge in [-0.25, -0.2) is 14.4 Å². The molecule has 13 heteroatoms. The summed E-state index contributed by atoms with van der Waals surface area (Å²) in [5.41, 5.74) is 0.603. The van der Waals surface area contributed by atoms with Gasteiger partial charge in [-0.15, -0.1) is 0 Å². The Bertz CT molecular complexity index is 958. The van der Waals surface area contributed by atoms with E-state index in [1.54, 1.807) is 12.1 Å². The third kappa shape index (κ3) is 6.69. The highest BCUT2D eigenvalue weighted by Crippen LogP contribution is 2.44. The number of benzene rings is 1. The highest BCUT2D eigenvalue weighted by atomic mass is 31.2. The largest absolute Gasteiger partial charge is 0.480 e. The first-order valence-corrected chi connectivity index (χ1v) is 10.1. The second-order valence-electron chi connectivity index (χ2n) is 6.02. The highest BCUT2D eigenvalue weighted by molar-refractivity contribution is 7.52. The van der Waals surface area contributed by atoms with Gasteiger partial charge < -0.3 is 19.4 Å². The average molecular weight is 441 g/mol. The van der Waals surface area contributed by atoms with E-state index in [-0.39, 0.29) is 24.5 Å². The number of nitro groups is 1. The molecule has 2 aromatic rings. The van der Waals surface area contributed by atoms with Gasteiger partial charge in [0.1, 0.15) is 29.1 Å². The van der Waals surface area contributed by atoms with Gasteiger partial charge in [-0.1, -0.05) is 12.1 Å². The number of amides is 1. The van der Waals surface area contributed by atoms with Crippen LogP contribution in [0.4, 0.5) is 5.88 Å². The molecule has 0 saturated carbocycles. The first-order chi connectivity index (χ1) is 14.1. The Morgan fingerprint density at radius 1 is 1.27 bits per heavy atom. The monoisotopic (exact) mass is 441 g/mol. The SMILES string of the molecule is CNP(=O)(OCc1ccc([N+](=O)[O-])o1)Oc1ccc(CC(NC(C)=O)C(=O)O)cc1. The lowest BCUT2D eigenvalue weighted by Gasteiger charge is -2.18. The molecule has 0 spiro atoms. The molecule has 12 nitrogen and oxygen atoms in total. The number of furan rings is 1. The maximum atomic E-state index is 12.7. The number of carbonyl (C=O) groups is 2. The highest BCUT2D eigenvalue weighted by Gasteiger charge is 2.26. The maximum absolute atomic E-state index is 12.7. The van der Waals surface area contributed by atoms with Crippen LogP contribution in [0.5, 0.6) is 5.75 Å². The predicted molar refractivity (Wildman–Crippen MR) is 103 cm³/mol. The molecule has 2 rings (SSSR count). The minimum absolute atomic E-state index is 0.0483. The van der Waals surface area contributed by atoms with Crippen molar-refractivity contribution in [1.82, 2.24) is 10.4 Å². The normalized spacial score (nSPS) is 13.8. The van der Waals surface area contributed by atoms with Crippen molar-refractivity contribution in [1.29, 1.82) is 0 Å². The van der Waals surface area contributed by atoms with E-state index in [2.05, 4.69) is 10.4 Å². The number of hydrogen-bond donors (Lipinski definition) is 3. The van der Waals surface area contributed by atoms with Crippen molar-refractivity contribution < 1.29 is 37.6 Å². The third-order valence-corrected chi connectivity index (χ3v) is 5.21. The van der Waals surface area contributed by atoms with Crippen LogP contribution >= 0.6 is 7.75 Å². The Morgan fingerprint density at radius 3 is 2.43 bits per heavy atom. The van der Waals surface area contributed by atoms with Crippen LogP contribution < -0.4 is 14.9 Å².